The Morgan fingerprint density at radius 3 is 3.22 bits per heavy atom. The van der Waals surface area contributed by atoms with E-state index in [4.69, 9.17) is 9.47 Å². The standard InChI is InChI=1S/C15H21NO2/c1-6-14-13(5-2-8-16-14)15(7-1)18-11-12-4-3-9-17-10-12/h1,6-7,12,16H,2-5,8-11H2. The lowest BCUT2D eigenvalue weighted by molar-refractivity contribution is 0.0350. The quantitative estimate of drug-likeness (QED) is 0.891. The zero-order valence-electron chi connectivity index (χ0n) is 10.8. The van der Waals surface area contributed by atoms with Crippen LogP contribution in [-0.2, 0) is 11.2 Å². The normalized spacial score (nSPS) is 23.0. The van der Waals surface area contributed by atoms with E-state index >= 15 is 0 Å². The molecule has 3 nitrogen and oxygen atoms in total. The van der Waals surface area contributed by atoms with E-state index in [2.05, 4.69) is 23.5 Å². The fourth-order valence-corrected chi connectivity index (χ4v) is 2.76. The molecule has 0 saturated carbocycles. The molecule has 1 unspecified atom stereocenters. The van der Waals surface area contributed by atoms with Gasteiger partial charge in [-0.15, -0.1) is 0 Å². The molecule has 1 fully saturated rings. The predicted molar refractivity (Wildman–Crippen MR) is 72.3 cm³/mol. The Bertz CT molecular complexity index is 399. The van der Waals surface area contributed by atoms with Crippen molar-refractivity contribution in [1.29, 1.82) is 0 Å². The summed E-state index contributed by atoms with van der Waals surface area (Å²) in [4.78, 5) is 0. The maximum Gasteiger partial charge on any atom is 0.124 e. The van der Waals surface area contributed by atoms with Crippen LogP contribution in [0.5, 0.6) is 5.75 Å². The number of hydrogen-bond acceptors (Lipinski definition) is 3. The third-order valence-electron chi connectivity index (χ3n) is 3.78. The summed E-state index contributed by atoms with van der Waals surface area (Å²) in [7, 11) is 0. The maximum absolute atomic E-state index is 6.02. The first kappa shape index (κ1) is 11.8. The number of benzene rings is 1. The number of fused-ring (bicyclic) bond motifs is 1. The van der Waals surface area contributed by atoms with E-state index in [1.807, 2.05) is 0 Å². The molecule has 3 heteroatoms. The topological polar surface area (TPSA) is 30.5 Å². The molecule has 98 valence electrons. The molecule has 1 aromatic carbocycles. The van der Waals surface area contributed by atoms with Crippen molar-refractivity contribution in [2.75, 3.05) is 31.7 Å². The molecule has 3 rings (SSSR count). The van der Waals surface area contributed by atoms with Gasteiger partial charge in [-0.05, 0) is 37.8 Å². The SMILES string of the molecule is c1cc2c(c(OCC3CCCOC3)c1)CCCN2. The predicted octanol–water partition coefficient (Wildman–Crippen LogP) is 2.85. The van der Waals surface area contributed by atoms with Gasteiger partial charge in [0.05, 0.1) is 13.2 Å². The molecule has 0 amide bonds. The molecule has 0 aliphatic carbocycles. The third-order valence-corrected chi connectivity index (χ3v) is 3.78. The number of anilines is 1. The number of rotatable bonds is 3. The highest BCUT2D eigenvalue weighted by molar-refractivity contribution is 5.59. The van der Waals surface area contributed by atoms with Gasteiger partial charge in [-0.1, -0.05) is 6.07 Å². The number of nitrogens with one attached hydrogen (secondary N) is 1. The largest absolute Gasteiger partial charge is 0.493 e. The Labute approximate surface area is 108 Å². The number of hydrogen-bond donors (Lipinski definition) is 1. The van der Waals surface area contributed by atoms with Crippen molar-refractivity contribution in [2.45, 2.75) is 25.7 Å². The summed E-state index contributed by atoms with van der Waals surface area (Å²) in [6.45, 7) is 3.64. The minimum Gasteiger partial charge on any atom is -0.493 e. The molecule has 1 aromatic rings. The van der Waals surface area contributed by atoms with E-state index in [0.29, 0.717) is 5.92 Å². The summed E-state index contributed by atoms with van der Waals surface area (Å²) in [6.07, 6.45) is 4.72. The van der Waals surface area contributed by atoms with Gasteiger partial charge in [0.2, 0.25) is 0 Å². The van der Waals surface area contributed by atoms with E-state index in [-0.39, 0.29) is 0 Å². The summed E-state index contributed by atoms with van der Waals surface area (Å²) >= 11 is 0. The Morgan fingerprint density at radius 1 is 1.33 bits per heavy atom. The Morgan fingerprint density at radius 2 is 2.33 bits per heavy atom. The molecule has 0 bridgehead atoms. The van der Waals surface area contributed by atoms with E-state index in [0.717, 1.165) is 38.5 Å². The van der Waals surface area contributed by atoms with Gasteiger partial charge in [0.1, 0.15) is 5.75 Å². The highest BCUT2D eigenvalue weighted by atomic mass is 16.5. The van der Waals surface area contributed by atoms with Crippen molar-refractivity contribution in [3.8, 4) is 5.75 Å². The van der Waals surface area contributed by atoms with Gasteiger partial charge >= 0.3 is 0 Å². The molecule has 0 spiro atoms. The second-order valence-electron chi connectivity index (χ2n) is 5.21. The van der Waals surface area contributed by atoms with Crippen LogP contribution < -0.4 is 10.1 Å². The van der Waals surface area contributed by atoms with Gasteiger partial charge in [-0.2, -0.15) is 0 Å². The van der Waals surface area contributed by atoms with Crippen LogP contribution in [0.3, 0.4) is 0 Å². The van der Waals surface area contributed by atoms with Gasteiger partial charge in [-0.3, -0.25) is 0 Å². The van der Waals surface area contributed by atoms with E-state index in [1.165, 1.54) is 30.5 Å². The van der Waals surface area contributed by atoms with Crippen molar-refractivity contribution in [1.82, 2.24) is 0 Å². The molecule has 1 saturated heterocycles. The Hall–Kier alpha value is -1.22. The van der Waals surface area contributed by atoms with Gasteiger partial charge in [0, 0.05) is 30.3 Å². The first-order valence-corrected chi connectivity index (χ1v) is 7.00. The van der Waals surface area contributed by atoms with E-state index < -0.39 is 0 Å². The molecule has 2 heterocycles. The van der Waals surface area contributed by atoms with Gasteiger partial charge in [-0.25, -0.2) is 0 Å². The van der Waals surface area contributed by atoms with Crippen LogP contribution in [0.25, 0.3) is 0 Å². The highest BCUT2D eigenvalue weighted by Crippen LogP contribution is 2.31. The van der Waals surface area contributed by atoms with Crippen LogP contribution in [0, 0.1) is 5.92 Å². The lowest BCUT2D eigenvalue weighted by Gasteiger charge is -2.25. The lowest BCUT2D eigenvalue weighted by Crippen LogP contribution is -2.23. The highest BCUT2D eigenvalue weighted by Gasteiger charge is 2.17. The van der Waals surface area contributed by atoms with Crippen molar-refractivity contribution < 1.29 is 9.47 Å². The zero-order chi connectivity index (χ0) is 12.2. The van der Waals surface area contributed by atoms with Crippen LogP contribution in [0.2, 0.25) is 0 Å². The summed E-state index contributed by atoms with van der Waals surface area (Å²) in [5.41, 5.74) is 2.60. The molecular formula is C15H21NO2. The van der Waals surface area contributed by atoms with Crippen LogP contribution in [-0.4, -0.2) is 26.4 Å². The van der Waals surface area contributed by atoms with Crippen LogP contribution >= 0.6 is 0 Å². The van der Waals surface area contributed by atoms with E-state index in [9.17, 15) is 0 Å². The average molecular weight is 247 g/mol. The minimum absolute atomic E-state index is 0.561. The van der Waals surface area contributed by atoms with Crippen molar-refractivity contribution >= 4 is 5.69 Å². The monoisotopic (exact) mass is 247 g/mol. The number of ether oxygens (including phenoxy) is 2. The molecule has 1 N–H and O–H groups in total. The Kier molecular flexibility index (Phi) is 3.69. The van der Waals surface area contributed by atoms with Gasteiger partial charge in [0.25, 0.3) is 0 Å². The average Bonchev–Trinajstić information content (AvgIpc) is 2.46. The Balaban J connectivity index is 1.65. The molecule has 2 aliphatic heterocycles. The zero-order valence-corrected chi connectivity index (χ0v) is 10.8. The molecule has 2 aliphatic rings. The minimum atomic E-state index is 0.561. The lowest BCUT2D eigenvalue weighted by atomic mass is 10.0. The summed E-state index contributed by atoms with van der Waals surface area (Å²) in [5, 5.41) is 3.44. The van der Waals surface area contributed by atoms with Gasteiger partial charge < -0.3 is 14.8 Å². The van der Waals surface area contributed by atoms with Crippen molar-refractivity contribution in [2.24, 2.45) is 5.92 Å². The third kappa shape index (κ3) is 2.61. The van der Waals surface area contributed by atoms with Crippen molar-refractivity contribution in [3.63, 3.8) is 0 Å². The molecular weight excluding hydrogens is 226 g/mol. The fourth-order valence-electron chi connectivity index (χ4n) is 2.76. The van der Waals surface area contributed by atoms with Crippen molar-refractivity contribution in [3.05, 3.63) is 23.8 Å². The summed E-state index contributed by atoms with van der Waals surface area (Å²) < 4.78 is 11.5. The van der Waals surface area contributed by atoms with Crippen LogP contribution in [0.1, 0.15) is 24.8 Å². The van der Waals surface area contributed by atoms with Gasteiger partial charge in [0.15, 0.2) is 0 Å². The van der Waals surface area contributed by atoms with Crippen LogP contribution in [0.4, 0.5) is 5.69 Å². The molecule has 18 heavy (non-hydrogen) atoms. The second kappa shape index (κ2) is 5.61. The first-order chi connectivity index (χ1) is 8.93. The fraction of sp³-hybridized carbons (Fsp3) is 0.600. The molecule has 0 radical (unpaired) electrons. The van der Waals surface area contributed by atoms with Crippen LogP contribution in [0.15, 0.2) is 18.2 Å². The molecule has 1 atom stereocenters. The second-order valence-corrected chi connectivity index (χ2v) is 5.21. The van der Waals surface area contributed by atoms with E-state index in [1.54, 1.807) is 0 Å². The summed E-state index contributed by atoms with van der Waals surface area (Å²) in [5.74, 6) is 1.62. The summed E-state index contributed by atoms with van der Waals surface area (Å²) in [6, 6.07) is 6.31. The first-order valence-electron chi connectivity index (χ1n) is 7.00. The molecule has 0 aromatic heterocycles. The smallest absolute Gasteiger partial charge is 0.124 e. The maximum atomic E-state index is 6.02.